The first-order valence-electron chi connectivity index (χ1n) is 6.53. The maximum Gasteiger partial charge on any atom is 0.00779 e. The first kappa shape index (κ1) is 12.4. The zero-order chi connectivity index (χ0) is 10.4. The molecule has 0 N–H and O–H groups in total. The van der Waals surface area contributed by atoms with E-state index in [1.165, 1.54) is 44.3 Å². The van der Waals surface area contributed by atoms with Crippen LogP contribution in [0.3, 0.4) is 0 Å². The second kappa shape index (κ2) is 6.76. The summed E-state index contributed by atoms with van der Waals surface area (Å²) in [7, 11) is 0. The van der Waals surface area contributed by atoms with Crippen molar-refractivity contribution in [2.45, 2.75) is 64.5 Å². The third-order valence-corrected chi connectivity index (χ3v) is 5.19. The van der Waals surface area contributed by atoms with Gasteiger partial charge in [-0.15, -0.1) is 0 Å². The van der Waals surface area contributed by atoms with E-state index in [4.69, 9.17) is 0 Å². The molecule has 2 rings (SSSR count). The summed E-state index contributed by atoms with van der Waals surface area (Å²) in [5.74, 6) is 3.62. The molecule has 1 aliphatic carbocycles. The molecule has 0 spiro atoms. The van der Waals surface area contributed by atoms with E-state index in [0.29, 0.717) is 0 Å². The van der Waals surface area contributed by atoms with Gasteiger partial charge in [0.25, 0.3) is 0 Å². The molecule has 0 amide bonds. The highest BCUT2D eigenvalue weighted by atomic mass is 32.2. The minimum absolute atomic E-state index is 1.05. The molecule has 1 aliphatic heterocycles. The van der Waals surface area contributed by atoms with Crippen molar-refractivity contribution in [3.63, 3.8) is 0 Å². The van der Waals surface area contributed by atoms with Crippen LogP contribution in [0.2, 0.25) is 0 Å². The SMILES string of the molecule is CC.CCC1CCSC2CCCCC12. The van der Waals surface area contributed by atoms with Gasteiger partial charge in [0, 0.05) is 5.25 Å². The zero-order valence-corrected chi connectivity index (χ0v) is 10.9. The molecule has 14 heavy (non-hydrogen) atoms. The van der Waals surface area contributed by atoms with E-state index in [9.17, 15) is 0 Å². The van der Waals surface area contributed by atoms with E-state index in [2.05, 4.69) is 18.7 Å². The maximum atomic E-state index is 2.38. The average Bonchev–Trinajstić information content (AvgIpc) is 2.31. The fraction of sp³-hybridized carbons (Fsp3) is 1.00. The minimum Gasteiger partial charge on any atom is -0.158 e. The Morgan fingerprint density at radius 1 is 1.07 bits per heavy atom. The molecule has 0 aromatic heterocycles. The molecule has 84 valence electrons. The molecule has 2 fully saturated rings. The molecule has 0 radical (unpaired) electrons. The Hall–Kier alpha value is 0.350. The van der Waals surface area contributed by atoms with E-state index >= 15 is 0 Å². The highest BCUT2D eigenvalue weighted by molar-refractivity contribution is 7.99. The number of thioether (sulfide) groups is 1. The van der Waals surface area contributed by atoms with Crippen LogP contribution in [0.1, 0.15) is 59.3 Å². The molecule has 1 heteroatoms. The van der Waals surface area contributed by atoms with Crippen LogP contribution in [-0.4, -0.2) is 11.0 Å². The van der Waals surface area contributed by atoms with Gasteiger partial charge in [0.05, 0.1) is 0 Å². The van der Waals surface area contributed by atoms with E-state index in [0.717, 1.165) is 17.1 Å². The molecule has 1 saturated carbocycles. The Morgan fingerprint density at radius 3 is 2.50 bits per heavy atom. The average molecular weight is 214 g/mol. The van der Waals surface area contributed by atoms with Gasteiger partial charge in [-0.2, -0.15) is 11.8 Å². The Morgan fingerprint density at radius 2 is 1.79 bits per heavy atom. The minimum atomic E-state index is 1.05. The Balaban J connectivity index is 0.000000461. The van der Waals surface area contributed by atoms with Crippen LogP contribution in [0.5, 0.6) is 0 Å². The van der Waals surface area contributed by atoms with Crippen molar-refractivity contribution in [3.8, 4) is 0 Å². The lowest BCUT2D eigenvalue weighted by Crippen LogP contribution is -2.33. The van der Waals surface area contributed by atoms with Crippen LogP contribution < -0.4 is 0 Å². The van der Waals surface area contributed by atoms with Crippen LogP contribution >= 0.6 is 11.8 Å². The second-order valence-corrected chi connectivity index (χ2v) is 5.66. The molecule has 1 heterocycles. The van der Waals surface area contributed by atoms with Crippen molar-refractivity contribution in [3.05, 3.63) is 0 Å². The molecule has 0 aromatic carbocycles. The van der Waals surface area contributed by atoms with Crippen molar-refractivity contribution >= 4 is 11.8 Å². The molecule has 0 bridgehead atoms. The van der Waals surface area contributed by atoms with Crippen molar-refractivity contribution in [2.75, 3.05) is 5.75 Å². The Kier molecular flexibility index (Phi) is 6.00. The van der Waals surface area contributed by atoms with Gasteiger partial charge in [-0.1, -0.05) is 40.0 Å². The largest absolute Gasteiger partial charge is 0.158 e. The van der Waals surface area contributed by atoms with Gasteiger partial charge in [0.1, 0.15) is 0 Å². The van der Waals surface area contributed by atoms with Crippen LogP contribution in [-0.2, 0) is 0 Å². The van der Waals surface area contributed by atoms with Crippen LogP contribution in [0.15, 0.2) is 0 Å². The molecular weight excluding hydrogens is 188 g/mol. The topological polar surface area (TPSA) is 0 Å². The normalized spacial score (nSPS) is 36.6. The molecule has 2 aliphatic rings. The summed E-state index contributed by atoms with van der Waals surface area (Å²) in [5, 5.41) is 1.05. The maximum absolute atomic E-state index is 2.38. The zero-order valence-electron chi connectivity index (χ0n) is 10.1. The monoisotopic (exact) mass is 214 g/mol. The number of hydrogen-bond donors (Lipinski definition) is 0. The van der Waals surface area contributed by atoms with E-state index in [1.807, 2.05) is 13.8 Å². The number of hydrogen-bond acceptors (Lipinski definition) is 1. The van der Waals surface area contributed by atoms with Crippen molar-refractivity contribution < 1.29 is 0 Å². The molecular formula is C13H26S. The van der Waals surface area contributed by atoms with Gasteiger partial charge in [-0.05, 0) is 36.9 Å². The fourth-order valence-corrected chi connectivity index (χ4v) is 4.64. The van der Waals surface area contributed by atoms with Crippen molar-refractivity contribution in [2.24, 2.45) is 11.8 Å². The summed E-state index contributed by atoms with van der Waals surface area (Å²) < 4.78 is 0. The van der Waals surface area contributed by atoms with Gasteiger partial charge in [0.15, 0.2) is 0 Å². The quantitative estimate of drug-likeness (QED) is 0.608. The summed E-state index contributed by atoms with van der Waals surface area (Å²) >= 11 is 2.27. The third-order valence-electron chi connectivity index (χ3n) is 3.70. The van der Waals surface area contributed by atoms with Crippen molar-refractivity contribution in [1.29, 1.82) is 0 Å². The summed E-state index contributed by atoms with van der Waals surface area (Å²) in [6.07, 6.45) is 9.01. The van der Waals surface area contributed by atoms with Crippen molar-refractivity contribution in [1.82, 2.24) is 0 Å². The first-order chi connectivity index (χ1) is 6.92. The predicted molar refractivity (Wildman–Crippen MR) is 68.0 cm³/mol. The predicted octanol–water partition coefficient (Wildman–Crippen LogP) is 4.73. The van der Waals surface area contributed by atoms with E-state index < -0.39 is 0 Å². The van der Waals surface area contributed by atoms with Gasteiger partial charge in [-0.3, -0.25) is 0 Å². The van der Waals surface area contributed by atoms with Gasteiger partial charge >= 0.3 is 0 Å². The standard InChI is InChI=1S/C11H20S.C2H6/c1-2-9-7-8-12-11-6-4-3-5-10(9)11;1-2/h9-11H,2-8H2,1H3;1-2H3. The van der Waals surface area contributed by atoms with E-state index in [1.54, 1.807) is 0 Å². The molecule has 0 nitrogen and oxygen atoms in total. The summed E-state index contributed by atoms with van der Waals surface area (Å²) in [5.41, 5.74) is 0. The first-order valence-corrected chi connectivity index (χ1v) is 7.58. The summed E-state index contributed by atoms with van der Waals surface area (Å²) in [4.78, 5) is 0. The lowest BCUT2D eigenvalue weighted by Gasteiger charge is -2.40. The molecule has 1 saturated heterocycles. The molecule has 0 aromatic rings. The van der Waals surface area contributed by atoms with Gasteiger partial charge in [-0.25, -0.2) is 0 Å². The Bertz CT molecular complexity index is 135. The lowest BCUT2D eigenvalue weighted by molar-refractivity contribution is 0.237. The Labute approximate surface area is 94.2 Å². The lowest BCUT2D eigenvalue weighted by atomic mass is 9.77. The van der Waals surface area contributed by atoms with Gasteiger partial charge in [0.2, 0.25) is 0 Å². The van der Waals surface area contributed by atoms with Crippen LogP contribution in [0.4, 0.5) is 0 Å². The highest BCUT2D eigenvalue weighted by Crippen LogP contribution is 2.44. The molecule has 3 atom stereocenters. The second-order valence-electron chi connectivity index (χ2n) is 4.31. The van der Waals surface area contributed by atoms with Crippen LogP contribution in [0, 0.1) is 11.8 Å². The number of fused-ring (bicyclic) bond motifs is 1. The third kappa shape index (κ3) is 2.92. The van der Waals surface area contributed by atoms with Gasteiger partial charge < -0.3 is 0 Å². The molecule has 3 unspecified atom stereocenters. The summed E-state index contributed by atoms with van der Waals surface area (Å²) in [6.45, 7) is 6.38. The highest BCUT2D eigenvalue weighted by Gasteiger charge is 2.33. The smallest absolute Gasteiger partial charge is 0.00779 e. The number of rotatable bonds is 1. The van der Waals surface area contributed by atoms with Crippen LogP contribution in [0.25, 0.3) is 0 Å². The van der Waals surface area contributed by atoms with E-state index in [-0.39, 0.29) is 0 Å². The fourth-order valence-electron chi connectivity index (χ4n) is 2.96. The summed E-state index contributed by atoms with van der Waals surface area (Å²) in [6, 6.07) is 0.